The summed E-state index contributed by atoms with van der Waals surface area (Å²) in [6.07, 6.45) is 2.81. The van der Waals surface area contributed by atoms with E-state index in [4.69, 9.17) is 0 Å². The van der Waals surface area contributed by atoms with Gasteiger partial charge in [0.1, 0.15) is 0 Å². The Morgan fingerprint density at radius 3 is 2.47 bits per heavy atom. The van der Waals surface area contributed by atoms with Gasteiger partial charge >= 0.3 is 0 Å². The first-order chi connectivity index (χ1) is 7.40. The van der Waals surface area contributed by atoms with Crippen molar-refractivity contribution in [1.82, 2.24) is 0 Å². The maximum Gasteiger partial charge on any atom is 0.150 e. The highest BCUT2D eigenvalue weighted by Crippen LogP contribution is 2.18. The van der Waals surface area contributed by atoms with Crippen LogP contribution in [0.1, 0.15) is 10.4 Å². The van der Waals surface area contributed by atoms with Gasteiger partial charge in [-0.15, -0.1) is 11.3 Å². The fourth-order valence-corrected chi connectivity index (χ4v) is 2.01. The number of hydrogen-bond acceptors (Lipinski definition) is 2. The Hall–Kier alpha value is -1.67. The fourth-order valence-electron chi connectivity index (χ4n) is 1.34. The van der Waals surface area contributed by atoms with E-state index >= 15 is 0 Å². The minimum absolute atomic E-state index is 0.720. The summed E-state index contributed by atoms with van der Waals surface area (Å²) in [5.74, 6) is 0. The van der Waals surface area contributed by atoms with Gasteiger partial charge in [-0.2, -0.15) is 0 Å². The highest BCUT2D eigenvalue weighted by molar-refractivity contribution is 7.10. The molecular formula is C13H10OS. The molecule has 0 N–H and O–H groups in total. The van der Waals surface area contributed by atoms with Gasteiger partial charge in [-0.1, -0.05) is 36.4 Å². The number of rotatable bonds is 3. The van der Waals surface area contributed by atoms with Gasteiger partial charge in [-0.3, -0.25) is 4.79 Å². The summed E-state index contributed by atoms with van der Waals surface area (Å²) in [6, 6.07) is 13.7. The van der Waals surface area contributed by atoms with Gasteiger partial charge in [0.05, 0.1) is 0 Å². The SMILES string of the molecule is O=CC(=Cc1cccs1)c1ccccc1. The van der Waals surface area contributed by atoms with Crippen LogP contribution in [0.15, 0.2) is 47.8 Å². The molecule has 0 bridgehead atoms. The number of allylic oxidation sites excluding steroid dienone is 1. The topological polar surface area (TPSA) is 17.1 Å². The van der Waals surface area contributed by atoms with Crippen molar-refractivity contribution in [1.29, 1.82) is 0 Å². The first kappa shape index (κ1) is 9.87. The zero-order chi connectivity index (χ0) is 10.5. The Morgan fingerprint density at radius 1 is 1.07 bits per heavy atom. The second-order valence-electron chi connectivity index (χ2n) is 3.10. The van der Waals surface area contributed by atoms with Crippen molar-refractivity contribution < 1.29 is 4.79 Å². The van der Waals surface area contributed by atoms with Crippen LogP contribution in [-0.2, 0) is 4.79 Å². The van der Waals surface area contributed by atoms with E-state index in [1.165, 1.54) is 0 Å². The molecule has 0 aliphatic heterocycles. The summed E-state index contributed by atoms with van der Waals surface area (Å²) < 4.78 is 0. The molecule has 0 radical (unpaired) electrons. The molecule has 0 aliphatic rings. The Bertz CT molecular complexity index is 455. The highest BCUT2D eigenvalue weighted by Gasteiger charge is 1.99. The van der Waals surface area contributed by atoms with Crippen LogP contribution >= 0.6 is 11.3 Å². The van der Waals surface area contributed by atoms with Crippen molar-refractivity contribution in [2.24, 2.45) is 0 Å². The largest absolute Gasteiger partial charge is 0.298 e. The number of carbonyl (C=O) groups excluding carboxylic acids is 1. The lowest BCUT2D eigenvalue weighted by molar-refractivity contribution is -0.103. The molecule has 0 amide bonds. The van der Waals surface area contributed by atoms with E-state index in [0.29, 0.717) is 0 Å². The second-order valence-corrected chi connectivity index (χ2v) is 4.08. The Labute approximate surface area is 92.7 Å². The lowest BCUT2D eigenvalue weighted by Gasteiger charge is -1.98. The predicted octanol–water partition coefficient (Wildman–Crippen LogP) is 3.49. The Kier molecular flexibility index (Phi) is 3.10. The van der Waals surface area contributed by atoms with E-state index in [1.807, 2.05) is 53.9 Å². The maximum atomic E-state index is 11.0. The average Bonchev–Trinajstić information content (AvgIpc) is 2.80. The lowest BCUT2D eigenvalue weighted by Crippen LogP contribution is -1.83. The summed E-state index contributed by atoms with van der Waals surface area (Å²) in [7, 11) is 0. The number of hydrogen-bond donors (Lipinski definition) is 0. The van der Waals surface area contributed by atoms with Gasteiger partial charge in [-0.05, 0) is 23.1 Å². The van der Waals surface area contributed by atoms with E-state index in [9.17, 15) is 4.79 Å². The Morgan fingerprint density at radius 2 is 1.87 bits per heavy atom. The van der Waals surface area contributed by atoms with Crippen molar-refractivity contribution in [3.8, 4) is 0 Å². The molecule has 1 aromatic heterocycles. The van der Waals surface area contributed by atoms with Crippen LogP contribution in [0, 0.1) is 0 Å². The number of aldehydes is 1. The summed E-state index contributed by atoms with van der Waals surface area (Å²) in [5.41, 5.74) is 1.68. The quantitative estimate of drug-likeness (QED) is 0.564. The summed E-state index contributed by atoms with van der Waals surface area (Å²) >= 11 is 1.63. The van der Waals surface area contributed by atoms with Gasteiger partial charge < -0.3 is 0 Å². The molecule has 1 heterocycles. The van der Waals surface area contributed by atoms with Crippen LogP contribution in [0.3, 0.4) is 0 Å². The van der Waals surface area contributed by atoms with Gasteiger partial charge in [0.15, 0.2) is 6.29 Å². The van der Waals surface area contributed by atoms with Gasteiger partial charge in [0.25, 0.3) is 0 Å². The summed E-state index contributed by atoms with van der Waals surface area (Å²) in [6.45, 7) is 0. The van der Waals surface area contributed by atoms with Gasteiger partial charge in [-0.25, -0.2) is 0 Å². The predicted molar refractivity (Wildman–Crippen MR) is 64.7 cm³/mol. The van der Waals surface area contributed by atoms with Crippen molar-refractivity contribution in [2.75, 3.05) is 0 Å². The van der Waals surface area contributed by atoms with E-state index in [1.54, 1.807) is 11.3 Å². The van der Waals surface area contributed by atoms with Gasteiger partial charge in [0, 0.05) is 10.5 Å². The fraction of sp³-hybridized carbons (Fsp3) is 0. The molecule has 2 aromatic rings. The minimum Gasteiger partial charge on any atom is -0.298 e. The van der Waals surface area contributed by atoms with Crippen LogP contribution in [-0.4, -0.2) is 6.29 Å². The Balaban J connectivity index is 2.37. The van der Waals surface area contributed by atoms with Crippen LogP contribution in [0.25, 0.3) is 11.6 Å². The summed E-state index contributed by atoms with van der Waals surface area (Å²) in [5, 5.41) is 2.00. The molecule has 74 valence electrons. The molecule has 1 aromatic carbocycles. The minimum atomic E-state index is 0.720. The standard InChI is InChI=1S/C13H10OS/c14-10-12(9-13-7-4-8-15-13)11-5-2-1-3-6-11/h1-10H. The number of carbonyl (C=O) groups is 1. The van der Waals surface area contributed by atoms with Crippen LogP contribution in [0.5, 0.6) is 0 Å². The normalized spacial score (nSPS) is 11.3. The summed E-state index contributed by atoms with van der Waals surface area (Å²) in [4.78, 5) is 12.1. The first-order valence-electron chi connectivity index (χ1n) is 4.66. The molecule has 0 aliphatic carbocycles. The van der Waals surface area contributed by atoms with Crippen molar-refractivity contribution in [2.45, 2.75) is 0 Å². The van der Waals surface area contributed by atoms with Crippen molar-refractivity contribution in [3.63, 3.8) is 0 Å². The molecular weight excluding hydrogens is 204 g/mol. The molecule has 1 nitrogen and oxygen atoms in total. The van der Waals surface area contributed by atoms with Crippen LogP contribution < -0.4 is 0 Å². The van der Waals surface area contributed by atoms with E-state index in [0.717, 1.165) is 22.3 Å². The molecule has 0 saturated carbocycles. The maximum absolute atomic E-state index is 11.0. The van der Waals surface area contributed by atoms with Crippen LogP contribution in [0.4, 0.5) is 0 Å². The van der Waals surface area contributed by atoms with E-state index in [-0.39, 0.29) is 0 Å². The molecule has 0 atom stereocenters. The van der Waals surface area contributed by atoms with E-state index in [2.05, 4.69) is 0 Å². The molecule has 2 rings (SSSR count). The molecule has 0 saturated heterocycles. The monoisotopic (exact) mass is 214 g/mol. The average molecular weight is 214 g/mol. The zero-order valence-corrected chi connectivity index (χ0v) is 8.91. The van der Waals surface area contributed by atoms with Crippen LogP contribution in [0.2, 0.25) is 0 Å². The van der Waals surface area contributed by atoms with Crippen molar-refractivity contribution in [3.05, 3.63) is 58.3 Å². The third kappa shape index (κ3) is 2.42. The number of benzene rings is 1. The third-order valence-corrected chi connectivity index (χ3v) is 2.89. The molecule has 15 heavy (non-hydrogen) atoms. The smallest absolute Gasteiger partial charge is 0.150 e. The van der Waals surface area contributed by atoms with E-state index < -0.39 is 0 Å². The molecule has 0 fully saturated rings. The van der Waals surface area contributed by atoms with Crippen molar-refractivity contribution >= 4 is 29.3 Å². The number of thiophene rings is 1. The molecule has 0 unspecified atom stereocenters. The third-order valence-electron chi connectivity index (χ3n) is 2.08. The zero-order valence-electron chi connectivity index (χ0n) is 8.09. The second kappa shape index (κ2) is 4.71. The molecule has 0 spiro atoms. The van der Waals surface area contributed by atoms with Gasteiger partial charge in [0.2, 0.25) is 0 Å². The highest BCUT2D eigenvalue weighted by atomic mass is 32.1. The first-order valence-corrected chi connectivity index (χ1v) is 5.54. The lowest BCUT2D eigenvalue weighted by atomic mass is 10.1. The molecule has 2 heteroatoms.